The number of carboxylic acid groups (broad SMARTS) is 1. The van der Waals surface area contributed by atoms with Crippen LogP contribution >= 0.6 is 11.8 Å². The van der Waals surface area contributed by atoms with Crippen molar-refractivity contribution in [1.82, 2.24) is 0 Å². The SMILES string of the molecule is C#CC#CC#C.C#CC#CC#[C][Ga]([C]#CC#CC#C)[C]#CC#CC#C.FC(F)(F)C(F)(F)F.FC(F)(F)C(F)(F)F.FC(F)(F)C(F)(F)F.FC(F)(F)C(F)(F)F.O=C(O)c1ccccc1C(=O)c1ccc(Sc2ccc([S+](c3ccccc3)c3ccccc3)cc2)cc1.[HH].[HH].[HH].[HH]. The minimum Gasteiger partial charge on any atom is -0.478 e. The van der Waals surface area contributed by atoms with E-state index in [1.165, 1.54) is 20.8 Å². The van der Waals surface area contributed by atoms with Gasteiger partial charge >= 0.3 is 175 Å². The maximum atomic E-state index is 12.9. The number of carboxylic acids is 1. The van der Waals surface area contributed by atoms with Crippen LogP contribution in [0, 0.1) is 140 Å². The van der Waals surface area contributed by atoms with Gasteiger partial charge in [0.25, 0.3) is 0 Å². The largest absolute Gasteiger partial charge is 0.487 e. The van der Waals surface area contributed by atoms with Crippen LogP contribution in [0.2, 0.25) is 0 Å². The van der Waals surface area contributed by atoms with E-state index in [9.17, 15) is 120 Å². The first kappa shape index (κ1) is 85.7. The van der Waals surface area contributed by atoms with E-state index in [1.54, 1.807) is 42.1 Å². The van der Waals surface area contributed by atoms with Crippen LogP contribution in [0.5, 0.6) is 0 Å². The second-order valence-corrected chi connectivity index (χ2v) is 22.0. The first-order chi connectivity index (χ1) is 43.4. The number of ketones is 1. The normalized spacial score (nSPS) is 10.2. The van der Waals surface area contributed by atoms with Crippen molar-refractivity contribution >= 4 is 50.6 Å². The molecule has 0 aliphatic rings. The van der Waals surface area contributed by atoms with Gasteiger partial charge in [-0.15, -0.1) is 12.8 Å². The number of terminal acetylenes is 5. The van der Waals surface area contributed by atoms with Gasteiger partial charge in [0.05, 0.1) is 16.5 Å². The van der Waals surface area contributed by atoms with Gasteiger partial charge in [-0.1, -0.05) is 66.4 Å². The summed E-state index contributed by atoms with van der Waals surface area (Å²) in [4.78, 5) is 30.3. The number of aromatic carboxylic acids is 1. The van der Waals surface area contributed by atoms with Crippen LogP contribution in [0.25, 0.3) is 0 Å². The summed E-state index contributed by atoms with van der Waals surface area (Å²) >= 11 is -0.830. The smallest absolute Gasteiger partial charge is 0.478 e. The maximum Gasteiger partial charge on any atom is 0.487 e. The average Bonchev–Trinajstić information content (AvgIpc) is 0.849. The Hall–Kier alpha value is -10.4. The molecule has 94 heavy (non-hydrogen) atoms. The van der Waals surface area contributed by atoms with Gasteiger partial charge in [0.1, 0.15) is 0 Å². The third-order valence-corrected chi connectivity index (χ3v) is 14.5. The summed E-state index contributed by atoms with van der Waals surface area (Å²) in [6.45, 7) is 0. The summed E-state index contributed by atoms with van der Waals surface area (Å²) in [5, 5.41) is 9.40. The van der Waals surface area contributed by atoms with Crippen molar-refractivity contribution in [2.75, 3.05) is 0 Å². The molecular formula is C64H36F24GaO3S2+. The summed E-state index contributed by atoms with van der Waals surface area (Å²) in [7, 11) is -0.190. The summed E-state index contributed by atoms with van der Waals surface area (Å²) < 4.78 is 259. The first-order valence-electron chi connectivity index (χ1n) is 23.3. The van der Waals surface area contributed by atoms with E-state index >= 15 is 0 Å². The molecule has 0 amide bonds. The summed E-state index contributed by atoms with van der Waals surface area (Å²) in [5.74, 6) is 36.2. The molecule has 0 saturated carbocycles. The summed E-state index contributed by atoms with van der Waals surface area (Å²) in [6, 6.07) is 43.3. The van der Waals surface area contributed by atoms with Crippen molar-refractivity contribution in [3.63, 3.8) is 0 Å². The van der Waals surface area contributed by atoms with Gasteiger partial charge < -0.3 is 5.11 Å². The van der Waals surface area contributed by atoms with Gasteiger partial charge in [-0.3, -0.25) is 4.79 Å². The van der Waals surface area contributed by atoms with Crippen LogP contribution in [0.1, 0.15) is 32.0 Å². The zero-order valence-electron chi connectivity index (χ0n) is 45.8. The van der Waals surface area contributed by atoms with Crippen LogP contribution in [0.3, 0.4) is 0 Å². The van der Waals surface area contributed by atoms with Gasteiger partial charge in [-0.2, -0.15) is 105 Å². The van der Waals surface area contributed by atoms with Crippen LogP contribution < -0.4 is 0 Å². The number of alkyl halides is 24. The standard InChI is InChI=1S/C32H22O3S2.C6H2.3C6H.4C2F6.Ga.4H2/c33-31(29-13-7-8-14-30(29)32(34)35)23-15-17-24(18-16-23)36-25-19-21-28(22-20-25)37(26-9-3-1-4-10-26)27-11-5-2-6-12-27;4*1-3-5-6-4-2;4*3-1(4,5)2(6,7)8;;;;;/h1-22H;1-2H;3*1H;;;;;;4*1H/p+1. The predicted octanol–water partition coefficient (Wildman–Crippen LogP) is 17.6. The monoisotopic (exact) mass is 1440 g/mol. The molecule has 0 aliphatic carbocycles. The Kier molecular flexibility index (Phi) is 37.5. The molecule has 30 heteroatoms. The van der Waals surface area contributed by atoms with Crippen LogP contribution in [-0.2, 0) is 10.9 Å². The summed E-state index contributed by atoms with van der Waals surface area (Å²) in [6.07, 6.45) is -24.2. The second-order valence-electron chi connectivity index (χ2n) is 15.2. The fourth-order valence-corrected chi connectivity index (χ4v) is 9.42. The summed E-state index contributed by atoms with van der Waals surface area (Å²) in [5.41, 5.74) is 0.664. The Bertz CT molecular complexity index is 3670. The van der Waals surface area contributed by atoms with Crippen molar-refractivity contribution in [2.45, 2.75) is 73.9 Å². The molecule has 0 aromatic heterocycles. The Morgan fingerprint density at radius 2 is 0.585 bits per heavy atom. The fourth-order valence-electron chi connectivity index (χ4n) is 4.71. The molecule has 0 heterocycles. The molecule has 0 aliphatic heterocycles. The van der Waals surface area contributed by atoms with Crippen LogP contribution in [0.15, 0.2) is 158 Å². The quantitative estimate of drug-likeness (QED) is 0.0553. The number of hydrogen-bond acceptors (Lipinski definition) is 3. The predicted molar refractivity (Wildman–Crippen MR) is 310 cm³/mol. The third-order valence-electron chi connectivity index (χ3n) is 8.51. The molecule has 0 spiro atoms. The number of rotatable bonds is 8. The average molecular weight is 1440 g/mol. The van der Waals surface area contributed by atoms with Gasteiger partial charge in [0.2, 0.25) is 0 Å². The molecule has 3 nitrogen and oxygen atoms in total. The molecule has 0 bridgehead atoms. The Balaban J connectivity index is -0.000000291. The van der Waals surface area contributed by atoms with E-state index < -0.39 is 71.6 Å². The number of halogens is 24. The molecule has 0 saturated heterocycles. The van der Waals surface area contributed by atoms with Crippen molar-refractivity contribution < 1.29 is 126 Å². The number of hydrogen-bond donors (Lipinski definition) is 1. The van der Waals surface area contributed by atoms with Crippen LogP contribution in [-0.4, -0.2) is 82.5 Å². The molecule has 1 N–H and O–H groups in total. The third kappa shape index (κ3) is 35.9. The topological polar surface area (TPSA) is 54.4 Å². The zero-order chi connectivity index (χ0) is 72.6. The van der Waals surface area contributed by atoms with E-state index in [2.05, 4.69) is 181 Å². The van der Waals surface area contributed by atoms with Gasteiger partial charge in [-0.05, 0) is 103 Å². The van der Waals surface area contributed by atoms with Gasteiger partial charge in [0.15, 0.2) is 20.5 Å². The van der Waals surface area contributed by atoms with E-state index in [-0.39, 0.29) is 33.5 Å². The number of carbonyl (C=O) groups excluding carboxylic acids is 1. The second kappa shape index (κ2) is 41.2. The van der Waals surface area contributed by atoms with E-state index in [4.69, 9.17) is 32.1 Å². The molecular weight excluding hydrogens is 1410 g/mol. The number of benzene rings is 5. The van der Waals surface area contributed by atoms with Crippen molar-refractivity contribution in [3.05, 3.63) is 150 Å². The zero-order valence-corrected chi connectivity index (χ0v) is 49.9. The minimum absolute atomic E-state index is 0. The van der Waals surface area contributed by atoms with E-state index in [1.807, 2.05) is 24.3 Å². The molecule has 5 rings (SSSR count). The number of carbonyl (C=O) groups is 2. The fraction of sp³-hybridized carbons (Fsp3) is 0.125. The van der Waals surface area contributed by atoms with Crippen molar-refractivity contribution in [1.29, 1.82) is 0 Å². The molecule has 0 atom stereocenters. The molecule has 0 unspecified atom stereocenters. The van der Waals surface area contributed by atoms with E-state index in [0.717, 1.165) is 9.79 Å². The van der Waals surface area contributed by atoms with Crippen molar-refractivity contribution in [3.8, 4) is 140 Å². The van der Waals surface area contributed by atoms with Crippen LogP contribution in [0.4, 0.5) is 105 Å². The Morgan fingerprint density at radius 3 is 0.851 bits per heavy atom. The molecule has 492 valence electrons. The maximum absolute atomic E-state index is 12.9. The molecule has 0 fully saturated rings. The first-order valence-corrected chi connectivity index (χ1v) is 29.0. The minimum atomic E-state index is -6.06. The molecule has 0 radical (unpaired) electrons. The van der Waals surface area contributed by atoms with E-state index in [0.29, 0.717) is 5.56 Å². The Labute approximate surface area is 538 Å². The van der Waals surface area contributed by atoms with Gasteiger partial charge in [-0.25, -0.2) is 4.79 Å². The molecule has 5 aromatic carbocycles. The van der Waals surface area contributed by atoms with Crippen molar-refractivity contribution in [2.24, 2.45) is 0 Å². The Morgan fingerprint density at radius 1 is 0.340 bits per heavy atom. The molecule has 5 aromatic rings. The van der Waals surface area contributed by atoms with Gasteiger partial charge in [0, 0.05) is 26.6 Å².